The van der Waals surface area contributed by atoms with Gasteiger partial charge in [-0.1, -0.05) is 12.1 Å². The molecule has 0 radical (unpaired) electrons. The Balaban J connectivity index is 2.31. The van der Waals surface area contributed by atoms with Crippen molar-refractivity contribution in [3.63, 3.8) is 0 Å². The normalized spacial score (nSPS) is 19.9. The molecule has 0 N–H and O–H groups in total. The standard InChI is InChI=1S/C16H22O5S/c1-11-9-12(6-7-15(11)22(3,18)19)14(16(17)20-2)10-13-5-4-8-21-13/h6-7,9,13-14H,4-5,8,10H2,1-3H3/t13?,14-/m1/s1. The summed E-state index contributed by atoms with van der Waals surface area (Å²) >= 11 is 0. The van der Waals surface area contributed by atoms with Crippen molar-refractivity contribution in [2.45, 2.75) is 43.1 Å². The first kappa shape index (κ1) is 17.0. The van der Waals surface area contributed by atoms with E-state index >= 15 is 0 Å². The molecule has 0 aliphatic carbocycles. The summed E-state index contributed by atoms with van der Waals surface area (Å²) < 4.78 is 33.9. The monoisotopic (exact) mass is 326 g/mol. The van der Waals surface area contributed by atoms with Crippen molar-refractivity contribution in [3.05, 3.63) is 29.3 Å². The van der Waals surface area contributed by atoms with Crippen LogP contribution in [0.2, 0.25) is 0 Å². The SMILES string of the molecule is COC(=O)[C@H](CC1CCCO1)c1ccc(S(C)(=O)=O)c(C)c1. The molecule has 0 saturated carbocycles. The maximum atomic E-state index is 12.1. The molecule has 1 aromatic rings. The average Bonchev–Trinajstić information content (AvgIpc) is 2.95. The van der Waals surface area contributed by atoms with E-state index in [1.807, 2.05) is 0 Å². The van der Waals surface area contributed by atoms with Crippen LogP contribution in [0.3, 0.4) is 0 Å². The van der Waals surface area contributed by atoms with Gasteiger partial charge >= 0.3 is 5.97 Å². The van der Waals surface area contributed by atoms with Crippen molar-refractivity contribution in [1.29, 1.82) is 0 Å². The van der Waals surface area contributed by atoms with E-state index < -0.39 is 15.8 Å². The molecule has 0 spiro atoms. The molecule has 1 saturated heterocycles. The fourth-order valence-corrected chi connectivity index (χ4v) is 3.87. The zero-order valence-electron chi connectivity index (χ0n) is 13.2. The molecule has 1 aliphatic heterocycles. The van der Waals surface area contributed by atoms with Gasteiger partial charge in [-0.15, -0.1) is 0 Å². The highest BCUT2D eigenvalue weighted by Crippen LogP contribution is 2.30. The number of benzene rings is 1. The summed E-state index contributed by atoms with van der Waals surface area (Å²) in [6.45, 7) is 2.46. The van der Waals surface area contributed by atoms with Crippen LogP contribution in [0.25, 0.3) is 0 Å². The zero-order valence-corrected chi connectivity index (χ0v) is 14.0. The highest BCUT2D eigenvalue weighted by atomic mass is 32.2. The molecule has 1 aliphatic rings. The predicted molar refractivity (Wildman–Crippen MR) is 82.6 cm³/mol. The van der Waals surface area contributed by atoms with E-state index in [1.165, 1.54) is 13.4 Å². The number of ether oxygens (including phenoxy) is 2. The van der Waals surface area contributed by atoms with E-state index in [0.717, 1.165) is 25.0 Å². The van der Waals surface area contributed by atoms with E-state index in [-0.39, 0.29) is 17.0 Å². The van der Waals surface area contributed by atoms with Crippen LogP contribution in [0.1, 0.15) is 36.3 Å². The van der Waals surface area contributed by atoms with Gasteiger partial charge in [-0.25, -0.2) is 8.42 Å². The summed E-state index contributed by atoms with van der Waals surface area (Å²) in [5.41, 5.74) is 1.41. The molecule has 0 bridgehead atoms. The van der Waals surface area contributed by atoms with Crippen molar-refractivity contribution in [1.82, 2.24) is 0 Å². The van der Waals surface area contributed by atoms with Crippen LogP contribution in [-0.2, 0) is 24.1 Å². The van der Waals surface area contributed by atoms with Gasteiger partial charge < -0.3 is 9.47 Å². The summed E-state index contributed by atoms with van der Waals surface area (Å²) in [6, 6.07) is 5.01. The number of hydrogen-bond acceptors (Lipinski definition) is 5. The quantitative estimate of drug-likeness (QED) is 0.776. The third-order valence-corrected chi connectivity index (χ3v) is 5.27. The molecule has 1 fully saturated rings. The highest BCUT2D eigenvalue weighted by Gasteiger charge is 2.28. The molecule has 2 rings (SSSR count). The van der Waals surface area contributed by atoms with E-state index in [2.05, 4.69) is 0 Å². The highest BCUT2D eigenvalue weighted by molar-refractivity contribution is 7.90. The Kier molecular flexibility index (Phi) is 5.24. The van der Waals surface area contributed by atoms with Gasteiger partial charge in [0, 0.05) is 12.9 Å². The van der Waals surface area contributed by atoms with Crippen molar-refractivity contribution >= 4 is 15.8 Å². The summed E-state index contributed by atoms with van der Waals surface area (Å²) in [5, 5.41) is 0. The molecule has 1 heterocycles. The maximum Gasteiger partial charge on any atom is 0.313 e. The minimum atomic E-state index is -3.27. The summed E-state index contributed by atoms with van der Waals surface area (Å²) in [4.78, 5) is 12.4. The molecule has 1 unspecified atom stereocenters. The molecule has 22 heavy (non-hydrogen) atoms. The van der Waals surface area contributed by atoms with Crippen molar-refractivity contribution in [2.24, 2.45) is 0 Å². The van der Waals surface area contributed by atoms with Crippen LogP contribution >= 0.6 is 0 Å². The topological polar surface area (TPSA) is 69.7 Å². The summed E-state index contributed by atoms with van der Waals surface area (Å²) in [7, 11) is -1.90. The Morgan fingerprint density at radius 3 is 2.68 bits per heavy atom. The predicted octanol–water partition coefficient (Wildman–Crippen LogP) is 2.22. The number of rotatable bonds is 5. The van der Waals surface area contributed by atoms with Gasteiger partial charge in [-0.05, 0) is 43.4 Å². The fourth-order valence-electron chi connectivity index (χ4n) is 2.91. The lowest BCUT2D eigenvalue weighted by Crippen LogP contribution is -2.20. The van der Waals surface area contributed by atoms with Gasteiger partial charge in [-0.3, -0.25) is 4.79 Å². The largest absolute Gasteiger partial charge is 0.469 e. The molecular formula is C16H22O5S. The number of sulfone groups is 1. The second kappa shape index (κ2) is 6.79. The molecule has 1 aromatic carbocycles. The van der Waals surface area contributed by atoms with Crippen LogP contribution in [0.4, 0.5) is 0 Å². The average molecular weight is 326 g/mol. The van der Waals surface area contributed by atoms with Gasteiger partial charge in [0.2, 0.25) is 0 Å². The first-order valence-electron chi connectivity index (χ1n) is 7.33. The lowest BCUT2D eigenvalue weighted by Gasteiger charge is -2.19. The number of aryl methyl sites for hydroxylation is 1. The first-order valence-corrected chi connectivity index (χ1v) is 9.22. The lowest BCUT2D eigenvalue weighted by atomic mass is 9.91. The number of hydrogen-bond donors (Lipinski definition) is 0. The van der Waals surface area contributed by atoms with Crippen molar-refractivity contribution in [2.75, 3.05) is 20.0 Å². The van der Waals surface area contributed by atoms with E-state index in [1.54, 1.807) is 25.1 Å². The van der Waals surface area contributed by atoms with E-state index in [0.29, 0.717) is 12.0 Å². The van der Waals surface area contributed by atoms with E-state index in [9.17, 15) is 13.2 Å². The van der Waals surface area contributed by atoms with Gasteiger partial charge in [-0.2, -0.15) is 0 Å². The Morgan fingerprint density at radius 2 is 2.18 bits per heavy atom. The van der Waals surface area contributed by atoms with Crippen LogP contribution in [0.15, 0.2) is 23.1 Å². The fraction of sp³-hybridized carbons (Fsp3) is 0.562. The molecule has 122 valence electrons. The molecule has 2 atom stereocenters. The lowest BCUT2D eigenvalue weighted by molar-refractivity contribution is -0.143. The smallest absolute Gasteiger partial charge is 0.313 e. The summed E-state index contributed by atoms with van der Waals surface area (Å²) in [5.74, 6) is -0.748. The second-order valence-electron chi connectivity index (χ2n) is 5.74. The van der Waals surface area contributed by atoms with Crippen LogP contribution in [0, 0.1) is 6.92 Å². The maximum absolute atomic E-state index is 12.1. The van der Waals surface area contributed by atoms with Gasteiger partial charge in [0.1, 0.15) is 0 Å². The number of carbonyl (C=O) groups excluding carboxylic acids is 1. The van der Waals surface area contributed by atoms with Crippen molar-refractivity contribution < 1.29 is 22.7 Å². The van der Waals surface area contributed by atoms with Crippen molar-refractivity contribution in [3.8, 4) is 0 Å². The molecule has 6 heteroatoms. The van der Waals surface area contributed by atoms with Gasteiger partial charge in [0.05, 0.1) is 24.0 Å². The number of methoxy groups -OCH3 is 1. The Labute approximate surface area is 131 Å². The van der Waals surface area contributed by atoms with Gasteiger partial charge in [0.15, 0.2) is 9.84 Å². The van der Waals surface area contributed by atoms with E-state index in [4.69, 9.17) is 9.47 Å². The Bertz CT molecular complexity index is 645. The zero-order chi connectivity index (χ0) is 16.3. The molecule has 0 aromatic heterocycles. The first-order chi connectivity index (χ1) is 10.3. The molecule has 5 nitrogen and oxygen atoms in total. The second-order valence-corrected chi connectivity index (χ2v) is 7.73. The minimum Gasteiger partial charge on any atom is -0.469 e. The Hall–Kier alpha value is -1.40. The van der Waals surface area contributed by atoms with Crippen LogP contribution < -0.4 is 0 Å². The third kappa shape index (κ3) is 3.87. The Morgan fingerprint density at radius 1 is 1.45 bits per heavy atom. The number of carbonyl (C=O) groups is 1. The third-order valence-electron chi connectivity index (χ3n) is 4.01. The van der Waals surface area contributed by atoms with Crippen LogP contribution in [0.5, 0.6) is 0 Å². The minimum absolute atomic E-state index is 0.0546. The van der Waals surface area contributed by atoms with Crippen LogP contribution in [-0.4, -0.2) is 40.5 Å². The summed E-state index contributed by atoms with van der Waals surface area (Å²) in [6.07, 6.45) is 3.74. The molecule has 0 amide bonds. The van der Waals surface area contributed by atoms with Gasteiger partial charge in [0.25, 0.3) is 0 Å². The number of esters is 1. The molecular weight excluding hydrogens is 304 g/mol.